The van der Waals surface area contributed by atoms with Gasteiger partial charge in [-0.1, -0.05) is 115 Å². The van der Waals surface area contributed by atoms with Crippen LogP contribution in [0, 0.1) is 0 Å². The smallest absolute Gasteiger partial charge is 0.203 e. The van der Waals surface area contributed by atoms with Crippen LogP contribution < -0.4 is 18.9 Å². The highest BCUT2D eigenvalue weighted by Crippen LogP contribution is 2.41. The first-order valence-corrected chi connectivity index (χ1v) is 14.2. The van der Waals surface area contributed by atoms with Gasteiger partial charge in [-0.2, -0.15) is 0 Å². The molecule has 0 heterocycles. The lowest BCUT2D eigenvalue weighted by Gasteiger charge is -2.36. The van der Waals surface area contributed by atoms with Crippen molar-refractivity contribution in [3.63, 3.8) is 0 Å². The maximum atomic E-state index is 12.8. The van der Waals surface area contributed by atoms with Gasteiger partial charge in [0.05, 0.1) is 21.3 Å². The quantitative estimate of drug-likeness (QED) is 0.109. The highest BCUT2D eigenvalue weighted by Gasteiger charge is 2.38. The summed E-state index contributed by atoms with van der Waals surface area (Å²) >= 11 is 0. The van der Waals surface area contributed by atoms with Gasteiger partial charge in [-0.15, -0.1) is 0 Å². The second-order valence-electron chi connectivity index (χ2n) is 9.98. The largest absolute Gasteiger partial charge is 0.493 e. The molecule has 0 radical (unpaired) electrons. The van der Waals surface area contributed by atoms with Crippen LogP contribution in [0.5, 0.6) is 23.0 Å². The summed E-state index contributed by atoms with van der Waals surface area (Å²) in [7, 11) is 4.66. The topological polar surface area (TPSA) is 54.0 Å². The minimum Gasteiger partial charge on any atom is -0.493 e. The van der Waals surface area contributed by atoms with Crippen LogP contribution in [0.4, 0.5) is 0 Å². The molecule has 5 rings (SSSR count). The predicted octanol–water partition coefficient (Wildman–Crippen LogP) is 8.38. The van der Waals surface area contributed by atoms with Gasteiger partial charge in [-0.3, -0.25) is 4.79 Å². The fourth-order valence-corrected chi connectivity index (χ4v) is 5.16. The summed E-state index contributed by atoms with van der Waals surface area (Å²) in [5.41, 5.74) is 3.70. The Morgan fingerprint density at radius 2 is 1.02 bits per heavy atom. The molecule has 0 amide bonds. The normalized spacial score (nSPS) is 11.4. The van der Waals surface area contributed by atoms with Crippen LogP contribution in [0.15, 0.2) is 140 Å². The van der Waals surface area contributed by atoms with Crippen molar-refractivity contribution in [1.82, 2.24) is 0 Å². The highest BCUT2D eigenvalue weighted by atomic mass is 16.5. The summed E-state index contributed by atoms with van der Waals surface area (Å²) in [6.07, 6.45) is 6.53. The number of hydrogen-bond acceptors (Lipinski definition) is 5. The van der Waals surface area contributed by atoms with Gasteiger partial charge >= 0.3 is 0 Å². The molecule has 0 saturated carbocycles. The summed E-state index contributed by atoms with van der Waals surface area (Å²) in [5.74, 6) is 2.03. The van der Waals surface area contributed by atoms with E-state index < -0.39 is 5.60 Å². The molecule has 0 unspecified atom stereocenters. The molecule has 5 nitrogen and oxygen atoms in total. The predicted molar refractivity (Wildman–Crippen MR) is 175 cm³/mol. The Morgan fingerprint density at radius 1 is 0.545 bits per heavy atom. The van der Waals surface area contributed by atoms with Gasteiger partial charge in [0.2, 0.25) is 5.75 Å². The van der Waals surface area contributed by atoms with Crippen molar-refractivity contribution in [2.24, 2.45) is 0 Å². The van der Waals surface area contributed by atoms with Crippen molar-refractivity contribution < 1.29 is 23.7 Å². The molecule has 220 valence electrons. The lowest BCUT2D eigenvalue weighted by atomic mass is 9.80. The molecule has 5 aromatic rings. The van der Waals surface area contributed by atoms with Crippen LogP contribution in [-0.2, 0) is 10.4 Å². The van der Waals surface area contributed by atoms with Crippen molar-refractivity contribution in [2.45, 2.75) is 5.60 Å². The Morgan fingerprint density at radius 3 is 1.48 bits per heavy atom. The Hall–Kier alpha value is -5.55. The van der Waals surface area contributed by atoms with Gasteiger partial charge in [-0.05, 0) is 47.5 Å². The second kappa shape index (κ2) is 14.1. The molecule has 5 heteroatoms. The van der Waals surface area contributed by atoms with Crippen molar-refractivity contribution in [1.29, 1.82) is 0 Å². The molecular formula is C39H34O5. The van der Waals surface area contributed by atoms with Crippen LogP contribution in [0.25, 0.3) is 12.2 Å². The Labute approximate surface area is 258 Å². The number of ketones is 1. The van der Waals surface area contributed by atoms with E-state index in [9.17, 15) is 4.79 Å². The molecule has 5 aromatic carbocycles. The highest BCUT2D eigenvalue weighted by molar-refractivity contribution is 6.04. The molecule has 0 aliphatic heterocycles. The molecule has 0 bridgehead atoms. The van der Waals surface area contributed by atoms with Crippen molar-refractivity contribution >= 4 is 17.9 Å². The van der Waals surface area contributed by atoms with E-state index in [1.165, 1.54) is 12.2 Å². The van der Waals surface area contributed by atoms with E-state index >= 15 is 0 Å². The maximum Gasteiger partial charge on any atom is 0.203 e. The SMILES string of the molecule is COc1cc(/C=C/C(=O)/C=C/c2cccc(OC(c3ccccc3)(c3ccccc3)c3ccccc3)c2)cc(OC)c1OC. The number of carbonyl (C=O) groups is 1. The molecule has 0 N–H and O–H groups in total. The Bertz CT molecular complexity index is 1620. The van der Waals surface area contributed by atoms with E-state index in [0.717, 1.165) is 27.8 Å². The summed E-state index contributed by atoms with van der Waals surface area (Å²) in [4.78, 5) is 12.8. The van der Waals surface area contributed by atoms with Crippen molar-refractivity contribution in [3.05, 3.63) is 167 Å². The molecule has 0 spiro atoms. The minimum absolute atomic E-state index is 0.169. The molecule has 0 fully saturated rings. The summed E-state index contributed by atoms with van der Waals surface area (Å²) in [5, 5.41) is 0. The first-order valence-electron chi connectivity index (χ1n) is 14.2. The first kappa shape index (κ1) is 29.9. The van der Waals surface area contributed by atoms with E-state index in [1.807, 2.05) is 78.9 Å². The number of ether oxygens (including phenoxy) is 4. The minimum atomic E-state index is -0.898. The lowest BCUT2D eigenvalue weighted by molar-refractivity contribution is -0.110. The third-order valence-corrected chi connectivity index (χ3v) is 7.24. The second-order valence-corrected chi connectivity index (χ2v) is 9.98. The van der Waals surface area contributed by atoms with Gasteiger partial charge in [0.1, 0.15) is 5.75 Å². The third kappa shape index (κ3) is 6.58. The fraction of sp³-hybridized carbons (Fsp3) is 0.103. The number of rotatable bonds is 12. The average Bonchev–Trinajstić information content (AvgIpc) is 3.09. The first-order chi connectivity index (χ1) is 21.6. The van der Waals surface area contributed by atoms with Crippen LogP contribution >= 0.6 is 0 Å². The van der Waals surface area contributed by atoms with Crippen LogP contribution in [0.3, 0.4) is 0 Å². The zero-order valence-corrected chi connectivity index (χ0v) is 25.0. The van der Waals surface area contributed by atoms with E-state index in [1.54, 1.807) is 45.6 Å². The number of carbonyl (C=O) groups excluding carboxylic acids is 1. The zero-order valence-electron chi connectivity index (χ0n) is 25.0. The van der Waals surface area contributed by atoms with Crippen molar-refractivity contribution in [2.75, 3.05) is 21.3 Å². The Kier molecular flexibility index (Phi) is 9.57. The number of allylic oxidation sites excluding steroid dienone is 2. The molecule has 0 aliphatic carbocycles. The monoisotopic (exact) mass is 582 g/mol. The number of hydrogen-bond donors (Lipinski definition) is 0. The average molecular weight is 583 g/mol. The molecule has 0 atom stereocenters. The van der Waals surface area contributed by atoms with E-state index in [-0.39, 0.29) is 5.78 Å². The van der Waals surface area contributed by atoms with Gasteiger partial charge in [0.15, 0.2) is 22.9 Å². The zero-order chi connectivity index (χ0) is 30.8. The summed E-state index contributed by atoms with van der Waals surface area (Å²) in [6.45, 7) is 0. The number of benzene rings is 5. The van der Waals surface area contributed by atoms with Gasteiger partial charge in [0, 0.05) is 16.7 Å². The van der Waals surface area contributed by atoms with E-state index in [2.05, 4.69) is 36.4 Å². The molecule has 0 aromatic heterocycles. The maximum absolute atomic E-state index is 12.8. The fourth-order valence-electron chi connectivity index (χ4n) is 5.16. The number of methoxy groups -OCH3 is 3. The molecule has 44 heavy (non-hydrogen) atoms. The standard InChI is InChI=1S/C39H34O5/c1-41-36-27-30(28-37(42-2)38(36)43-3)23-25-34(40)24-22-29-14-13-21-35(26-29)44-39(31-15-7-4-8-16-31,32-17-9-5-10-18-32)33-19-11-6-12-20-33/h4-28H,1-3H3/b24-22+,25-23+. The van der Waals surface area contributed by atoms with Crippen molar-refractivity contribution in [3.8, 4) is 23.0 Å². The molecule has 0 saturated heterocycles. The summed E-state index contributed by atoms with van der Waals surface area (Å²) < 4.78 is 23.2. The lowest BCUT2D eigenvalue weighted by Crippen LogP contribution is -2.36. The molecule has 0 aliphatic rings. The van der Waals surface area contributed by atoms with E-state index in [0.29, 0.717) is 23.0 Å². The van der Waals surface area contributed by atoms with Crippen LogP contribution in [0.1, 0.15) is 27.8 Å². The Balaban J connectivity index is 1.44. The molecular weight excluding hydrogens is 548 g/mol. The van der Waals surface area contributed by atoms with Gasteiger partial charge in [0.25, 0.3) is 0 Å². The third-order valence-electron chi connectivity index (χ3n) is 7.24. The van der Waals surface area contributed by atoms with Crippen LogP contribution in [-0.4, -0.2) is 27.1 Å². The van der Waals surface area contributed by atoms with Gasteiger partial charge in [-0.25, -0.2) is 0 Å². The summed E-state index contributed by atoms with van der Waals surface area (Å²) in [6, 6.07) is 42.0. The van der Waals surface area contributed by atoms with Crippen LogP contribution in [0.2, 0.25) is 0 Å². The van der Waals surface area contributed by atoms with E-state index in [4.69, 9.17) is 18.9 Å². The van der Waals surface area contributed by atoms with Gasteiger partial charge < -0.3 is 18.9 Å².